The first-order valence-corrected chi connectivity index (χ1v) is 6.90. The molecule has 0 radical (unpaired) electrons. The summed E-state index contributed by atoms with van der Waals surface area (Å²) in [6, 6.07) is 11.2. The Hall–Kier alpha value is -2.47. The molecule has 3 nitrogen and oxygen atoms in total. The lowest BCUT2D eigenvalue weighted by molar-refractivity contribution is -0.137. The second-order valence-corrected chi connectivity index (χ2v) is 4.94. The SMILES string of the molecule is O=C(NC=Cc1ccccc1)Nc1cc(C(F)(F)F)ccc1Cl. The lowest BCUT2D eigenvalue weighted by Crippen LogP contribution is -2.24. The molecule has 0 spiro atoms. The molecule has 0 atom stereocenters. The van der Waals surface area contributed by atoms with Crippen LogP contribution >= 0.6 is 11.6 Å². The van der Waals surface area contributed by atoms with Gasteiger partial charge in [0.05, 0.1) is 16.3 Å². The van der Waals surface area contributed by atoms with E-state index in [1.807, 2.05) is 30.3 Å². The Bertz CT molecular complexity index is 715. The molecule has 2 amide bonds. The highest BCUT2D eigenvalue weighted by Gasteiger charge is 2.31. The van der Waals surface area contributed by atoms with E-state index in [1.165, 1.54) is 6.20 Å². The maximum Gasteiger partial charge on any atom is 0.416 e. The highest BCUT2D eigenvalue weighted by Crippen LogP contribution is 2.33. The predicted octanol–water partition coefficient (Wildman–Crippen LogP) is 5.15. The summed E-state index contributed by atoms with van der Waals surface area (Å²) in [5, 5.41) is 4.68. The Morgan fingerprint density at radius 2 is 1.78 bits per heavy atom. The van der Waals surface area contributed by atoms with Crippen LogP contribution < -0.4 is 10.6 Å². The average molecular weight is 341 g/mol. The van der Waals surface area contributed by atoms with Crippen LogP contribution in [0.2, 0.25) is 5.02 Å². The average Bonchev–Trinajstić information content (AvgIpc) is 2.49. The van der Waals surface area contributed by atoms with Crippen LogP contribution in [0.25, 0.3) is 6.08 Å². The fourth-order valence-electron chi connectivity index (χ4n) is 1.73. The van der Waals surface area contributed by atoms with E-state index in [-0.39, 0.29) is 10.7 Å². The number of halogens is 4. The van der Waals surface area contributed by atoms with Gasteiger partial charge in [-0.3, -0.25) is 0 Å². The molecule has 0 heterocycles. The smallest absolute Gasteiger partial charge is 0.314 e. The van der Waals surface area contributed by atoms with Gasteiger partial charge in [0.2, 0.25) is 0 Å². The summed E-state index contributed by atoms with van der Waals surface area (Å²) in [5.74, 6) is 0. The van der Waals surface area contributed by atoms with Gasteiger partial charge in [-0.15, -0.1) is 0 Å². The Balaban J connectivity index is 2.01. The number of anilines is 1. The topological polar surface area (TPSA) is 41.1 Å². The van der Waals surface area contributed by atoms with Crippen molar-refractivity contribution in [1.82, 2.24) is 5.32 Å². The molecule has 0 saturated carbocycles. The van der Waals surface area contributed by atoms with Crippen LogP contribution in [0.1, 0.15) is 11.1 Å². The standard InChI is InChI=1S/C16H12ClF3N2O/c17-13-7-6-12(16(18,19)20)10-14(13)22-15(23)21-9-8-11-4-2-1-3-5-11/h1-10H,(H2,21,22,23). The normalized spacial score (nSPS) is 11.5. The van der Waals surface area contributed by atoms with E-state index >= 15 is 0 Å². The second-order valence-electron chi connectivity index (χ2n) is 4.53. The molecular weight excluding hydrogens is 329 g/mol. The zero-order chi connectivity index (χ0) is 16.9. The van der Waals surface area contributed by atoms with Crippen LogP contribution in [0, 0.1) is 0 Å². The fraction of sp³-hybridized carbons (Fsp3) is 0.0625. The number of hydrogen-bond donors (Lipinski definition) is 2. The van der Waals surface area contributed by atoms with E-state index in [1.54, 1.807) is 6.08 Å². The van der Waals surface area contributed by atoms with E-state index in [9.17, 15) is 18.0 Å². The first-order valence-electron chi connectivity index (χ1n) is 6.52. The summed E-state index contributed by atoms with van der Waals surface area (Å²) in [5.41, 5.74) is -0.144. The Morgan fingerprint density at radius 3 is 2.43 bits per heavy atom. The monoisotopic (exact) mass is 340 g/mol. The van der Waals surface area contributed by atoms with Gasteiger partial charge in [0.25, 0.3) is 0 Å². The van der Waals surface area contributed by atoms with Gasteiger partial charge in [-0.05, 0) is 29.8 Å². The summed E-state index contributed by atoms with van der Waals surface area (Å²) in [7, 11) is 0. The first kappa shape index (κ1) is 16.9. The predicted molar refractivity (Wildman–Crippen MR) is 84.1 cm³/mol. The van der Waals surface area contributed by atoms with E-state index in [0.717, 1.165) is 23.8 Å². The molecule has 0 saturated heterocycles. The minimum Gasteiger partial charge on any atom is -0.314 e. The van der Waals surface area contributed by atoms with Crippen molar-refractivity contribution in [2.75, 3.05) is 5.32 Å². The minimum atomic E-state index is -4.51. The molecule has 2 rings (SSSR count). The van der Waals surface area contributed by atoms with Crippen LogP contribution in [0.5, 0.6) is 0 Å². The van der Waals surface area contributed by atoms with Gasteiger partial charge < -0.3 is 10.6 Å². The van der Waals surface area contributed by atoms with Gasteiger partial charge in [-0.2, -0.15) is 13.2 Å². The van der Waals surface area contributed by atoms with Crippen molar-refractivity contribution >= 4 is 29.4 Å². The quantitative estimate of drug-likeness (QED) is 0.797. The van der Waals surface area contributed by atoms with Gasteiger partial charge in [-0.25, -0.2) is 4.79 Å². The van der Waals surface area contributed by atoms with Crippen molar-refractivity contribution in [2.24, 2.45) is 0 Å². The van der Waals surface area contributed by atoms with Crippen molar-refractivity contribution < 1.29 is 18.0 Å². The van der Waals surface area contributed by atoms with Crippen molar-refractivity contribution in [3.05, 3.63) is 70.9 Å². The highest BCUT2D eigenvalue weighted by molar-refractivity contribution is 6.33. The van der Waals surface area contributed by atoms with Crippen molar-refractivity contribution in [3.8, 4) is 0 Å². The molecule has 0 aliphatic heterocycles. The van der Waals surface area contributed by atoms with Crippen molar-refractivity contribution in [1.29, 1.82) is 0 Å². The second kappa shape index (κ2) is 7.19. The van der Waals surface area contributed by atoms with Crippen LogP contribution in [-0.2, 0) is 6.18 Å². The molecule has 2 N–H and O–H groups in total. The third kappa shape index (κ3) is 5.03. The summed E-state index contributed by atoms with van der Waals surface area (Å²) in [6.07, 6.45) is -1.48. The first-order chi connectivity index (χ1) is 10.9. The number of hydrogen-bond acceptors (Lipinski definition) is 1. The van der Waals surface area contributed by atoms with Crippen LogP contribution in [-0.4, -0.2) is 6.03 Å². The molecule has 0 aliphatic rings. The lowest BCUT2D eigenvalue weighted by Gasteiger charge is -2.11. The molecule has 0 unspecified atom stereocenters. The maximum absolute atomic E-state index is 12.6. The molecule has 0 bridgehead atoms. The van der Waals surface area contributed by atoms with Gasteiger partial charge in [-0.1, -0.05) is 41.9 Å². The van der Waals surface area contributed by atoms with E-state index < -0.39 is 17.8 Å². The molecule has 120 valence electrons. The lowest BCUT2D eigenvalue weighted by atomic mass is 10.2. The minimum absolute atomic E-state index is 0.0141. The third-order valence-electron chi connectivity index (χ3n) is 2.83. The highest BCUT2D eigenvalue weighted by atomic mass is 35.5. The van der Waals surface area contributed by atoms with E-state index in [0.29, 0.717) is 0 Å². The molecule has 2 aromatic carbocycles. The van der Waals surface area contributed by atoms with Gasteiger partial charge in [0.1, 0.15) is 0 Å². The Kier molecular flexibility index (Phi) is 5.28. The summed E-state index contributed by atoms with van der Waals surface area (Å²) in [6.45, 7) is 0. The molecular formula is C16H12ClF3N2O. The number of carbonyl (C=O) groups excluding carboxylic acids is 1. The van der Waals surface area contributed by atoms with Crippen LogP contribution in [0.3, 0.4) is 0 Å². The summed E-state index contributed by atoms with van der Waals surface area (Å²) in [4.78, 5) is 11.7. The summed E-state index contributed by atoms with van der Waals surface area (Å²) < 4.78 is 37.9. The molecule has 23 heavy (non-hydrogen) atoms. The molecule has 7 heteroatoms. The van der Waals surface area contributed by atoms with Crippen LogP contribution in [0.15, 0.2) is 54.7 Å². The summed E-state index contributed by atoms with van der Waals surface area (Å²) >= 11 is 5.79. The van der Waals surface area contributed by atoms with Gasteiger partial charge in [0, 0.05) is 6.20 Å². The zero-order valence-electron chi connectivity index (χ0n) is 11.7. The largest absolute Gasteiger partial charge is 0.416 e. The zero-order valence-corrected chi connectivity index (χ0v) is 12.4. The van der Waals surface area contributed by atoms with Crippen molar-refractivity contribution in [3.63, 3.8) is 0 Å². The number of carbonyl (C=O) groups is 1. The number of urea groups is 1. The number of benzene rings is 2. The van der Waals surface area contributed by atoms with E-state index in [2.05, 4.69) is 10.6 Å². The number of nitrogens with one attached hydrogen (secondary N) is 2. The van der Waals surface area contributed by atoms with Crippen LogP contribution in [0.4, 0.5) is 23.7 Å². The number of rotatable bonds is 3. The van der Waals surface area contributed by atoms with E-state index in [4.69, 9.17) is 11.6 Å². The number of amides is 2. The Labute approximate surface area is 135 Å². The Morgan fingerprint density at radius 1 is 1.09 bits per heavy atom. The van der Waals surface area contributed by atoms with Gasteiger partial charge >= 0.3 is 12.2 Å². The fourth-order valence-corrected chi connectivity index (χ4v) is 1.90. The van der Waals surface area contributed by atoms with Crippen molar-refractivity contribution in [2.45, 2.75) is 6.18 Å². The molecule has 2 aromatic rings. The third-order valence-corrected chi connectivity index (χ3v) is 3.16. The number of alkyl halides is 3. The molecule has 0 fully saturated rings. The molecule has 0 aromatic heterocycles. The molecule has 0 aliphatic carbocycles. The van der Waals surface area contributed by atoms with Gasteiger partial charge in [0.15, 0.2) is 0 Å². The maximum atomic E-state index is 12.6.